The molecule has 3 nitrogen and oxygen atoms in total. The van der Waals surface area contributed by atoms with E-state index >= 15 is 0 Å². The molecule has 1 unspecified atom stereocenters. The minimum atomic E-state index is -0.354. The van der Waals surface area contributed by atoms with Gasteiger partial charge in [-0.05, 0) is 47.2 Å². The Balaban J connectivity index is 2.07. The molecule has 0 radical (unpaired) electrons. The number of pyridine rings is 1. The molecule has 3 aromatic rings. The SMILES string of the molecule is CNC(c1ccc(Br)cn1)c1cc2cccc(F)c2o1. The number of para-hydroxylation sites is 1. The summed E-state index contributed by atoms with van der Waals surface area (Å²) < 4.78 is 20.2. The van der Waals surface area contributed by atoms with Crippen LogP contribution in [0.3, 0.4) is 0 Å². The fraction of sp³-hybridized carbons (Fsp3) is 0.133. The second-order valence-corrected chi connectivity index (χ2v) is 5.35. The maximum Gasteiger partial charge on any atom is 0.169 e. The highest BCUT2D eigenvalue weighted by atomic mass is 79.9. The van der Waals surface area contributed by atoms with Crippen molar-refractivity contribution < 1.29 is 8.81 Å². The van der Waals surface area contributed by atoms with Crippen molar-refractivity contribution in [3.8, 4) is 0 Å². The molecule has 1 N–H and O–H groups in total. The van der Waals surface area contributed by atoms with Crippen LogP contribution in [0.5, 0.6) is 0 Å². The molecular formula is C15H12BrFN2O. The van der Waals surface area contributed by atoms with Gasteiger partial charge in [0.15, 0.2) is 11.4 Å². The first-order valence-corrected chi connectivity index (χ1v) is 6.95. The Morgan fingerprint density at radius 2 is 2.15 bits per heavy atom. The highest BCUT2D eigenvalue weighted by molar-refractivity contribution is 9.10. The fourth-order valence-corrected chi connectivity index (χ4v) is 2.42. The lowest BCUT2D eigenvalue weighted by Gasteiger charge is -2.12. The largest absolute Gasteiger partial charge is 0.456 e. The van der Waals surface area contributed by atoms with Gasteiger partial charge in [0.05, 0.1) is 5.69 Å². The van der Waals surface area contributed by atoms with Crippen molar-refractivity contribution in [2.75, 3.05) is 7.05 Å². The lowest BCUT2D eigenvalue weighted by molar-refractivity contribution is 0.472. The van der Waals surface area contributed by atoms with Gasteiger partial charge in [-0.25, -0.2) is 4.39 Å². The lowest BCUT2D eigenvalue weighted by atomic mass is 10.1. The second kappa shape index (κ2) is 5.34. The molecule has 20 heavy (non-hydrogen) atoms. The number of halogens is 2. The number of hydrogen-bond acceptors (Lipinski definition) is 3. The molecule has 1 atom stereocenters. The number of fused-ring (bicyclic) bond motifs is 1. The van der Waals surface area contributed by atoms with Crippen LogP contribution in [0.25, 0.3) is 11.0 Å². The lowest BCUT2D eigenvalue weighted by Crippen LogP contribution is -2.18. The van der Waals surface area contributed by atoms with Crippen molar-refractivity contribution in [3.63, 3.8) is 0 Å². The molecule has 5 heteroatoms. The van der Waals surface area contributed by atoms with Crippen molar-refractivity contribution in [2.45, 2.75) is 6.04 Å². The minimum absolute atomic E-state index is 0.213. The van der Waals surface area contributed by atoms with Crippen LogP contribution in [0.4, 0.5) is 4.39 Å². The van der Waals surface area contributed by atoms with Gasteiger partial charge in [-0.15, -0.1) is 0 Å². The topological polar surface area (TPSA) is 38.1 Å². The maximum absolute atomic E-state index is 13.7. The molecule has 2 aromatic heterocycles. The average Bonchev–Trinajstić information content (AvgIpc) is 2.87. The van der Waals surface area contributed by atoms with Gasteiger partial charge in [-0.1, -0.05) is 12.1 Å². The Hall–Kier alpha value is -1.72. The molecule has 0 fully saturated rings. The van der Waals surface area contributed by atoms with Crippen molar-refractivity contribution in [3.05, 3.63) is 64.3 Å². The van der Waals surface area contributed by atoms with Crippen molar-refractivity contribution in [2.24, 2.45) is 0 Å². The smallest absolute Gasteiger partial charge is 0.169 e. The summed E-state index contributed by atoms with van der Waals surface area (Å²) in [4.78, 5) is 4.36. The van der Waals surface area contributed by atoms with Crippen LogP contribution in [0.1, 0.15) is 17.5 Å². The standard InChI is InChI=1S/C15H12BrFN2O/c1-18-14(12-6-5-10(16)8-19-12)13-7-9-3-2-4-11(17)15(9)20-13/h2-8,14,18H,1H3. The predicted molar refractivity (Wildman–Crippen MR) is 79.0 cm³/mol. The number of furan rings is 1. The number of hydrogen-bond donors (Lipinski definition) is 1. The number of nitrogens with one attached hydrogen (secondary N) is 1. The van der Waals surface area contributed by atoms with Crippen molar-refractivity contribution in [1.29, 1.82) is 0 Å². The Bertz CT molecular complexity index is 739. The molecule has 0 spiro atoms. The molecule has 0 saturated carbocycles. The zero-order valence-electron chi connectivity index (χ0n) is 10.7. The van der Waals surface area contributed by atoms with E-state index < -0.39 is 0 Å². The Morgan fingerprint density at radius 1 is 1.30 bits per heavy atom. The van der Waals surface area contributed by atoms with E-state index in [0.717, 1.165) is 15.6 Å². The first-order chi connectivity index (χ1) is 9.69. The van der Waals surface area contributed by atoms with Gasteiger partial charge in [0, 0.05) is 16.1 Å². The van der Waals surface area contributed by atoms with Crippen LogP contribution >= 0.6 is 15.9 Å². The first kappa shape index (κ1) is 13.3. The molecule has 0 aliphatic rings. The molecule has 0 bridgehead atoms. The van der Waals surface area contributed by atoms with E-state index in [2.05, 4.69) is 26.2 Å². The van der Waals surface area contributed by atoms with Gasteiger partial charge < -0.3 is 9.73 Å². The first-order valence-electron chi connectivity index (χ1n) is 6.15. The van der Waals surface area contributed by atoms with Gasteiger partial charge in [-0.3, -0.25) is 4.98 Å². The summed E-state index contributed by atoms with van der Waals surface area (Å²) in [6.07, 6.45) is 1.73. The summed E-state index contributed by atoms with van der Waals surface area (Å²) >= 11 is 3.35. The van der Waals surface area contributed by atoms with E-state index in [-0.39, 0.29) is 17.4 Å². The quantitative estimate of drug-likeness (QED) is 0.785. The fourth-order valence-electron chi connectivity index (χ4n) is 2.18. The summed E-state index contributed by atoms with van der Waals surface area (Å²) in [6.45, 7) is 0. The van der Waals surface area contributed by atoms with Gasteiger partial charge >= 0.3 is 0 Å². The van der Waals surface area contributed by atoms with E-state index in [0.29, 0.717) is 5.76 Å². The Labute approximate surface area is 123 Å². The summed E-state index contributed by atoms with van der Waals surface area (Å²) in [5, 5.41) is 3.89. The van der Waals surface area contributed by atoms with E-state index in [4.69, 9.17) is 4.42 Å². The molecule has 3 rings (SSSR count). The van der Waals surface area contributed by atoms with Crippen LogP contribution in [0.15, 0.2) is 51.5 Å². The monoisotopic (exact) mass is 334 g/mol. The summed E-state index contributed by atoms with van der Waals surface area (Å²) in [7, 11) is 1.82. The molecule has 0 saturated heterocycles. The summed E-state index contributed by atoms with van der Waals surface area (Å²) in [6, 6.07) is 10.3. The van der Waals surface area contributed by atoms with E-state index in [9.17, 15) is 4.39 Å². The highest BCUT2D eigenvalue weighted by Crippen LogP contribution is 2.29. The van der Waals surface area contributed by atoms with Crippen molar-refractivity contribution >= 4 is 26.9 Å². The minimum Gasteiger partial charge on any atom is -0.456 e. The van der Waals surface area contributed by atoms with Gasteiger partial charge in [0.2, 0.25) is 0 Å². The third-order valence-electron chi connectivity index (χ3n) is 3.13. The molecule has 2 heterocycles. The molecule has 102 valence electrons. The van der Waals surface area contributed by atoms with Crippen LogP contribution in [-0.4, -0.2) is 12.0 Å². The average molecular weight is 335 g/mol. The Morgan fingerprint density at radius 3 is 2.80 bits per heavy atom. The van der Waals surface area contributed by atoms with Gasteiger partial charge in [0.25, 0.3) is 0 Å². The molecule has 0 aliphatic carbocycles. The number of rotatable bonds is 3. The van der Waals surface area contributed by atoms with Crippen LogP contribution in [-0.2, 0) is 0 Å². The molecule has 0 amide bonds. The number of benzene rings is 1. The maximum atomic E-state index is 13.7. The predicted octanol–water partition coefficient (Wildman–Crippen LogP) is 4.04. The van der Waals surface area contributed by atoms with Gasteiger partial charge in [0.1, 0.15) is 11.8 Å². The van der Waals surface area contributed by atoms with Crippen molar-refractivity contribution in [1.82, 2.24) is 10.3 Å². The van der Waals surface area contributed by atoms with Crippen LogP contribution in [0, 0.1) is 5.82 Å². The third-order valence-corrected chi connectivity index (χ3v) is 3.60. The Kier molecular flexibility index (Phi) is 3.54. The van der Waals surface area contributed by atoms with E-state index in [1.807, 2.05) is 31.3 Å². The molecule has 1 aromatic carbocycles. The zero-order chi connectivity index (χ0) is 14.1. The zero-order valence-corrected chi connectivity index (χ0v) is 12.3. The van der Waals surface area contributed by atoms with E-state index in [1.54, 1.807) is 12.3 Å². The van der Waals surface area contributed by atoms with Crippen LogP contribution in [0.2, 0.25) is 0 Å². The molecule has 0 aliphatic heterocycles. The van der Waals surface area contributed by atoms with Gasteiger partial charge in [-0.2, -0.15) is 0 Å². The third kappa shape index (κ3) is 2.34. The van der Waals surface area contributed by atoms with E-state index in [1.165, 1.54) is 6.07 Å². The number of aromatic nitrogens is 1. The summed E-state index contributed by atoms with van der Waals surface area (Å²) in [5.41, 5.74) is 1.09. The summed E-state index contributed by atoms with van der Waals surface area (Å²) in [5.74, 6) is 0.287. The second-order valence-electron chi connectivity index (χ2n) is 4.43. The number of nitrogens with zero attached hydrogens (tertiary/aromatic N) is 1. The normalized spacial score (nSPS) is 12.8. The highest BCUT2D eigenvalue weighted by Gasteiger charge is 2.19. The molecular weight excluding hydrogens is 323 g/mol. The van der Waals surface area contributed by atoms with Crippen LogP contribution < -0.4 is 5.32 Å².